The van der Waals surface area contributed by atoms with Crippen molar-refractivity contribution in [3.8, 4) is 0 Å². The lowest BCUT2D eigenvalue weighted by atomic mass is 9.87. The third-order valence-electron chi connectivity index (χ3n) is 3.35. The number of thiol groups is 1. The molecule has 0 aromatic heterocycles. The summed E-state index contributed by atoms with van der Waals surface area (Å²) in [6.45, 7) is 8.10. The highest BCUT2D eigenvalue weighted by Crippen LogP contribution is 2.31. The fourth-order valence-corrected chi connectivity index (χ4v) is 2.68. The van der Waals surface area contributed by atoms with Gasteiger partial charge < -0.3 is 4.74 Å². The van der Waals surface area contributed by atoms with Gasteiger partial charge in [-0.1, -0.05) is 23.8 Å². The highest BCUT2D eigenvalue weighted by Gasteiger charge is 2.36. The van der Waals surface area contributed by atoms with Gasteiger partial charge in [0.1, 0.15) is 0 Å². The molecule has 2 unspecified atom stereocenters. The first kappa shape index (κ1) is 11.2. The van der Waals surface area contributed by atoms with Crippen LogP contribution in [0.5, 0.6) is 0 Å². The molecule has 84 valence electrons. The molecule has 2 aliphatic rings. The minimum Gasteiger partial charge on any atom is -0.379 e. The normalized spacial score (nSPS) is 37.8. The molecule has 1 heterocycles. The van der Waals surface area contributed by atoms with Gasteiger partial charge in [0.05, 0.1) is 18.8 Å². The number of rotatable bonds is 1. The summed E-state index contributed by atoms with van der Waals surface area (Å²) in [5.41, 5.74) is 1.38. The Hall–Kier alpha value is -0.250. The Morgan fingerprint density at radius 3 is 2.80 bits per heavy atom. The van der Waals surface area contributed by atoms with E-state index in [2.05, 4.69) is 49.6 Å². The molecule has 2 nitrogen and oxygen atoms in total. The van der Waals surface area contributed by atoms with Crippen LogP contribution in [0.3, 0.4) is 0 Å². The van der Waals surface area contributed by atoms with Gasteiger partial charge in [0.2, 0.25) is 0 Å². The summed E-state index contributed by atoms with van der Waals surface area (Å²) in [5.74, 6) is 0. The van der Waals surface area contributed by atoms with Crippen LogP contribution in [0.15, 0.2) is 23.8 Å². The lowest BCUT2D eigenvalue weighted by molar-refractivity contribution is 0.00145. The molecule has 0 saturated carbocycles. The SMILES string of the molecule is CC1=CC(C)(N2CCOCC2)C(S)C=C1. The van der Waals surface area contributed by atoms with Gasteiger partial charge in [0.25, 0.3) is 0 Å². The number of hydrogen-bond donors (Lipinski definition) is 1. The second-order valence-electron chi connectivity index (χ2n) is 4.52. The second-order valence-corrected chi connectivity index (χ2v) is 5.07. The monoisotopic (exact) mass is 225 g/mol. The minimum atomic E-state index is 0.0473. The van der Waals surface area contributed by atoms with Gasteiger partial charge in [0.15, 0.2) is 0 Å². The van der Waals surface area contributed by atoms with Crippen molar-refractivity contribution < 1.29 is 4.74 Å². The summed E-state index contributed by atoms with van der Waals surface area (Å²) in [6.07, 6.45) is 6.67. The second kappa shape index (κ2) is 4.32. The maximum absolute atomic E-state index is 5.39. The zero-order valence-corrected chi connectivity index (χ0v) is 10.3. The van der Waals surface area contributed by atoms with Crippen LogP contribution in [0.25, 0.3) is 0 Å². The lowest BCUT2D eigenvalue weighted by Crippen LogP contribution is -2.55. The molecule has 1 saturated heterocycles. The highest BCUT2D eigenvalue weighted by molar-refractivity contribution is 7.81. The summed E-state index contributed by atoms with van der Waals surface area (Å²) >= 11 is 4.68. The number of ether oxygens (including phenoxy) is 1. The van der Waals surface area contributed by atoms with E-state index in [9.17, 15) is 0 Å². The predicted molar refractivity (Wildman–Crippen MR) is 66.5 cm³/mol. The van der Waals surface area contributed by atoms with Crippen LogP contribution >= 0.6 is 12.6 Å². The summed E-state index contributed by atoms with van der Waals surface area (Å²) in [5, 5.41) is 0.277. The molecule has 0 bridgehead atoms. The van der Waals surface area contributed by atoms with Gasteiger partial charge in [-0.25, -0.2) is 0 Å². The molecule has 0 amide bonds. The molecular formula is C12H19NOS. The van der Waals surface area contributed by atoms with Gasteiger partial charge in [-0.05, 0) is 13.8 Å². The number of allylic oxidation sites excluding steroid dienone is 2. The average molecular weight is 225 g/mol. The van der Waals surface area contributed by atoms with Crippen molar-refractivity contribution in [1.29, 1.82) is 0 Å². The number of nitrogens with zero attached hydrogens (tertiary/aromatic N) is 1. The predicted octanol–water partition coefficient (Wildman–Crippen LogP) is 1.89. The van der Waals surface area contributed by atoms with Crippen molar-refractivity contribution in [2.75, 3.05) is 26.3 Å². The van der Waals surface area contributed by atoms with Gasteiger partial charge in [-0.15, -0.1) is 0 Å². The fourth-order valence-electron chi connectivity index (χ4n) is 2.36. The molecule has 0 aromatic carbocycles. The van der Waals surface area contributed by atoms with Crippen molar-refractivity contribution in [2.45, 2.75) is 24.6 Å². The van der Waals surface area contributed by atoms with Crippen LogP contribution in [0.2, 0.25) is 0 Å². The topological polar surface area (TPSA) is 12.5 Å². The Balaban J connectivity index is 2.19. The quantitative estimate of drug-likeness (QED) is 0.684. The minimum absolute atomic E-state index is 0.0473. The molecular weight excluding hydrogens is 206 g/mol. The van der Waals surface area contributed by atoms with E-state index in [1.54, 1.807) is 0 Å². The smallest absolute Gasteiger partial charge is 0.0594 e. The first-order chi connectivity index (χ1) is 7.13. The Bertz CT molecular complexity index is 294. The maximum atomic E-state index is 5.39. The molecule has 0 aromatic rings. The summed E-state index contributed by atoms with van der Waals surface area (Å²) in [6, 6.07) is 0. The molecule has 1 aliphatic carbocycles. The standard InChI is InChI=1S/C12H19NOS/c1-10-3-4-11(15)12(2,9-10)13-5-7-14-8-6-13/h3-4,9,11,15H,5-8H2,1-2H3. The van der Waals surface area contributed by atoms with E-state index in [4.69, 9.17) is 4.74 Å². The van der Waals surface area contributed by atoms with Crippen LogP contribution in [0, 0.1) is 0 Å². The Morgan fingerprint density at radius 2 is 2.13 bits per heavy atom. The third-order valence-corrected chi connectivity index (χ3v) is 4.05. The molecule has 0 N–H and O–H groups in total. The average Bonchev–Trinajstić information content (AvgIpc) is 2.25. The van der Waals surface area contributed by atoms with Gasteiger partial charge >= 0.3 is 0 Å². The highest BCUT2D eigenvalue weighted by atomic mass is 32.1. The van der Waals surface area contributed by atoms with Crippen molar-refractivity contribution in [2.24, 2.45) is 0 Å². The van der Waals surface area contributed by atoms with E-state index in [0.29, 0.717) is 0 Å². The molecule has 0 spiro atoms. The number of hydrogen-bond acceptors (Lipinski definition) is 3. The fraction of sp³-hybridized carbons (Fsp3) is 0.667. The van der Waals surface area contributed by atoms with E-state index < -0.39 is 0 Å². The van der Waals surface area contributed by atoms with Crippen LogP contribution in [0.1, 0.15) is 13.8 Å². The maximum Gasteiger partial charge on any atom is 0.0594 e. The van der Waals surface area contributed by atoms with Crippen LogP contribution in [0.4, 0.5) is 0 Å². The van der Waals surface area contributed by atoms with Crippen LogP contribution in [-0.2, 0) is 4.74 Å². The molecule has 3 heteroatoms. The molecule has 15 heavy (non-hydrogen) atoms. The summed E-state index contributed by atoms with van der Waals surface area (Å²) in [4.78, 5) is 2.47. The molecule has 2 rings (SSSR count). The Labute approximate surface area is 97.4 Å². The van der Waals surface area contributed by atoms with Crippen molar-refractivity contribution in [3.63, 3.8) is 0 Å². The molecule has 2 atom stereocenters. The van der Waals surface area contributed by atoms with Crippen LogP contribution in [-0.4, -0.2) is 42.0 Å². The van der Waals surface area contributed by atoms with E-state index in [1.165, 1.54) is 5.57 Å². The van der Waals surface area contributed by atoms with E-state index in [-0.39, 0.29) is 10.8 Å². The van der Waals surface area contributed by atoms with E-state index in [1.807, 2.05) is 0 Å². The Kier molecular flexibility index (Phi) is 3.24. The molecule has 0 radical (unpaired) electrons. The zero-order chi connectivity index (χ0) is 10.9. The van der Waals surface area contributed by atoms with Crippen molar-refractivity contribution in [1.82, 2.24) is 4.90 Å². The van der Waals surface area contributed by atoms with Crippen molar-refractivity contribution in [3.05, 3.63) is 23.8 Å². The zero-order valence-electron chi connectivity index (χ0n) is 9.44. The largest absolute Gasteiger partial charge is 0.379 e. The van der Waals surface area contributed by atoms with Crippen LogP contribution < -0.4 is 0 Å². The van der Waals surface area contributed by atoms with E-state index >= 15 is 0 Å². The lowest BCUT2D eigenvalue weighted by Gasteiger charge is -2.45. The van der Waals surface area contributed by atoms with Gasteiger partial charge in [-0.3, -0.25) is 4.90 Å². The molecule has 1 fully saturated rings. The van der Waals surface area contributed by atoms with E-state index in [0.717, 1.165) is 26.3 Å². The first-order valence-electron chi connectivity index (χ1n) is 5.51. The molecule has 1 aliphatic heterocycles. The van der Waals surface area contributed by atoms with Gasteiger partial charge in [-0.2, -0.15) is 12.6 Å². The summed E-state index contributed by atoms with van der Waals surface area (Å²) < 4.78 is 5.39. The third kappa shape index (κ3) is 2.14. The summed E-state index contributed by atoms with van der Waals surface area (Å²) in [7, 11) is 0. The van der Waals surface area contributed by atoms with Crippen molar-refractivity contribution >= 4 is 12.6 Å². The number of morpholine rings is 1. The Morgan fingerprint density at radius 1 is 1.47 bits per heavy atom. The van der Waals surface area contributed by atoms with Gasteiger partial charge in [0, 0.05) is 18.3 Å². The first-order valence-corrected chi connectivity index (χ1v) is 6.03.